The van der Waals surface area contributed by atoms with Crippen molar-refractivity contribution in [3.05, 3.63) is 29.8 Å². The quantitative estimate of drug-likeness (QED) is 0.863. The zero-order valence-electron chi connectivity index (χ0n) is 10.5. The molecule has 1 saturated heterocycles. The molecule has 0 spiro atoms. The van der Waals surface area contributed by atoms with E-state index in [9.17, 15) is 0 Å². The fourth-order valence-electron chi connectivity index (χ4n) is 3.48. The lowest BCUT2D eigenvalue weighted by Crippen LogP contribution is -2.50. The summed E-state index contributed by atoms with van der Waals surface area (Å²) in [5, 5.41) is 3.70. The topological polar surface area (TPSA) is 21.3 Å². The van der Waals surface area contributed by atoms with Crippen LogP contribution in [-0.2, 0) is 5.41 Å². The Kier molecular flexibility index (Phi) is 2.83. The number of hydrogen-bond donors (Lipinski definition) is 1. The summed E-state index contributed by atoms with van der Waals surface area (Å²) in [5.41, 5.74) is 1.92. The van der Waals surface area contributed by atoms with E-state index in [1.807, 2.05) is 0 Å². The predicted molar refractivity (Wildman–Crippen MR) is 69.5 cm³/mol. The second-order valence-corrected chi connectivity index (χ2v) is 5.39. The smallest absolute Gasteiger partial charge is 0.118 e. The molecule has 1 aromatic rings. The van der Waals surface area contributed by atoms with Crippen LogP contribution < -0.4 is 10.1 Å². The molecule has 1 unspecified atom stereocenters. The SMILES string of the molecule is COc1ccc(C2(C3CCCN3)CCC2)cc1. The Balaban J connectivity index is 1.88. The van der Waals surface area contributed by atoms with Crippen LogP contribution in [0, 0.1) is 0 Å². The Bertz CT molecular complexity index is 374. The first-order valence-corrected chi connectivity index (χ1v) is 6.73. The summed E-state index contributed by atoms with van der Waals surface area (Å²) < 4.78 is 5.24. The van der Waals surface area contributed by atoms with Crippen LogP contribution in [0.1, 0.15) is 37.7 Å². The summed E-state index contributed by atoms with van der Waals surface area (Å²) >= 11 is 0. The summed E-state index contributed by atoms with van der Waals surface area (Å²) in [6.45, 7) is 1.20. The molecule has 3 rings (SSSR count). The Labute approximate surface area is 103 Å². The zero-order valence-corrected chi connectivity index (χ0v) is 10.5. The van der Waals surface area contributed by atoms with Crippen molar-refractivity contribution in [2.24, 2.45) is 0 Å². The molecule has 2 nitrogen and oxygen atoms in total. The lowest BCUT2D eigenvalue weighted by Gasteiger charge is -2.47. The highest BCUT2D eigenvalue weighted by Gasteiger charge is 2.45. The van der Waals surface area contributed by atoms with Gasteiger partial charge in [-0.1, -0.05) is 18.6 Å². The Hall–Kier alpha value is -1.02. The summed E-state index contributed by atoms with van der Waals surface area (Å²) in [6.07, 6.45) is 6.74. The largest absolute Gasteiger partial charge is 0.497 e. The van der Waals surface area contributed by atoms with Crippen molar-refractivity contribution >= 4 is 0 Å². The fraction of sp³-hybridized carbons (Fsp3) is 0.600. The van der Waals surface area contributed by atoms with E-state index in [4.69, 9.17) is 4.74 Å². The first kappa shape index (κ1) is 11.1. The first-order chi connectivity index (χ1) is 8.35. The van der Waals surface area contributed by atoms with Gasteiger partial charge in [0.2, 0.25) is 0 Å². The number of benzene rings is 1. The highest BCUT2D eigenvalue weighted by atomic mass is 16.5. The van der Waals surface area contributed by atoms with Gasteiger partial charge in [-0.2, -0.15) is 0 Å². The highest BCUT2D eigenvalue weighted by Crippen LogP contribution is 2.48. The van der Waals surface area contributed by atoms with Crippen LogP contribution in [0.2, 0.25) is 0 Å². The van der Waals surface area contributed by atoms with Gasteiger partial charge < -0.3 is 10.1 Å². The molecular formula is C15H21NO. The van der Waals surface area contributed by atoms with Crippen molar-refractivity contribution in [2.75, 3.05) is 13.7 Å². The monoisotopic (exact) mass is 231 g/mol. The molecular weight excluding hydrogens is 210 g/mol. The van der Waals surface area contributed by atoms with Crippen LogP contribution in [0.15, 0.2) is 24.3 Å². The maximum atomic E-state index is 5.24. The van der Waals surface area contributed by atoms with E-state index >= 15 is 0 Å². The molecule has 1 aliphatic carbocycles. The molecule has 0 amide bonds. The lowest BCUT2D eigenvalue weighted by molar-refractivity contribution is 0.182. The Morgan fingerprint density at radius 2 is 1.94 bits per heavy atom. The van der Waals surface area contributed by atoms with Gasteiger partial charge in [-0.05, 0) is 49.9 Å². The van der Waals surface area contributed by atoms with Crippen LogP contribution in [-0.4, -0.2) is 19.7 Å². The van der Waals surface area contributed by atoms with Crippen LogP contribution in [0.4, 0.5) is 0 Å². The van der Waals surface area contributed by atoms with Gasteiger partial charge in [-0.25, -0.2) is 0 Å². The third-order valence-corrected chi connectivity index (χ3v) is 4.64. The molecule has 0 aromatic heterocycles. The number of rotatable bonds is 3. The summed E-state index contributed by atoms with van der Waals surface area (Å²) in [5.74, 6) is 0.961. The van der Waals surface area contributed by atoms with Crippen LogP contribution in [0.5, 0.6) is 5.75 Å². The zero-order chi connectivity index (χ0) is 11.7. The van der Waals surface area contributed by atoms with Crippen LogP contribution >= 0.6 is 0 Å². The summed E-state index contributed by atoms with van der Waals surface area (Å²) in [6, 6.07) is 9.43. The second-order valence-electron chi connectivity index (χ2n) is 5.39. The number of nitrogens with one attached hydrogen (secondary N) is 1. The van der Waals surface area contributed by atoms with Crippen molar-refractivity contribution in [2.45, 2.75) is 43.6 Å². The average molecular weight is 231 g/mol. The molecule has 1 aliphatic heterocycles. The second kappa shape index (κ2) is 4.34. The number of ether oxygens (including phenoxy) is 1. The third kappa shape index (κ3) is 1.75. The van der Waals surface area contributed by atoms with E-state index in [2.05, 4.69) is 29.6 Å². The van der Waals surface area contributed by atoms with Crippen LogP contribution in [0.25, 0.3) is 0 Å². The van der Waals surface area contributed by atoms with Crippen molar-refractivity contribution < 1.29 is 4.74 Å². The molecule has 2 heteroatoms. The minimum atomic E-state index is 0.419. The normalized spacial score (nSPS) is 26.5. The molecule has 17 heavy (non-hydrogen) atoms. The number of hydrogen-bond acceptors (Lipinski definition) is 2. The molecule has 1 saturated carbocycles. The van der Waals surface area contributed by atoms with Gasteiger partial charge >= 0.3 is 0 Å². The van der Waals surface area contributed by atoms with E-state index < -0.39 is 0 Å². The molecule has 1 aromatic carbocycles. The number of methoxy groups -OCH3 is 1. The lowest BCUT2D eigenvalue weighted by atomic mass is 9.60. The van der Waals surface area contributed by atoms with Crippen molar-refractivity contribution in [3.8, 4) is 5.75 Å². The van der Waals surface area contributed by atoms with Crippen molar-refractivity contribution in [3.63, 3.8) is 0 Å². The maximum Gasteiger partial charge on any atom is 0.118 e. The Morgan fingerprint density at radius 3 is 2.41 bits per heavy atom. The molecule has 1 N–H and O–H groups in total. The van der Waals surface area contributed by atoms with Crippen molar-refractivity contribution in [1.82, 2.24) is 5.32 Å². The van der Waals surface area contributed by atoms with E-state index in [1.165, 1.54) is 44.2 Å². The average Bonchev–Trinajstić information content (AvgIpc) is 2.83. The van der Waals surface area contributed by atoms with Crippen molar-refractivity contribution in [1.29, 1.82) is 0 Å². The standard InChI is InChI=1S/C15H21NO/c1-17-13-7-5-12(6-8-13)15(9-3-10-15)14-4-2-11-16-14/h5-8,14,16H,2-4,9-11H2,1H3. The van der Waals surface area contributed by atoms with E-state index in [0.717, 1.165) is 5.75 Å². The van der Waals surface area contributed by atoms with Gasteiger partial charge in [0.15, 0.2) is 0 Å². The van der Waals surface area contributed by atoms with Gasteiger partial charge in [-0.3, -0.25) is 0 Å². The minimum absolute atomic E-state index is 0.419. The molecule has 1 heterocycles. The molecule has 0 radical (unpaired) electrons. The molecule has 1 atom stereocenters. The van der Waals surface area contributed by atoms with E-state index in [0.29, 0.717) is 11.5 Å². The molecule has 0 bridgehead atoms. The summed E-state index contributed by atoms with van der Waals surface area (Å²) in [4.78, 5) is 0. The minimum Gasteiger partial charge on any atom is -0.497 e. The highest BCUT2D eigenvalue weighted by molar-refractivity contribution is 5.36. The van der Waals surface area contributed by atoms with Crippen LogP contribution in [0.3, 0.4) is 0 Å². The first-order valence-electron chi connectivity index (χ1n) is 6.73. The summed E-state index contributed by atoms with van der Waals surface area (Å²) in [7, 11) is 1.73. The van der Waals surface area contributed by atoms with Gasteiger partial charge in [0.05, 0.1) is 7.11 Å². The van der Waals surface area contributed by atoms with E-state index in [1.54, 1.807) is 7.11 Å². The van der Waals surface area contributed by atoms with Gasteiger partial charge in [0.25, 0.3) is 0 Å². The van der Waals surface area contributed by atoms with Gasteiger partial charge in [-0.15, -0.1) is 0 Å². The Morgan fingerprint density at radius 1 is 1.18 bits per heavy atom. The molecule has 2 fully saturated rings. The molecule has 2 aliphatic rings. The van der Waals surface area contributed by atoms with Gasteiger partial charge in [0, 0.05) is 11.5 Å². The molecule has 92 valence electrons. The van der Waals surface area contributed by atoms with E-state index in [-0.39, 0.29) is 0 Å². The van der Waals surface area contributed by atoms with Gasteiger partial charge in [0.1, 0.15) is 5.75 Å². The predicted octanol–water partition coefficient (Wildman–Crippen LogP) is 2.87. The third-order valence-electron chi connectivity index (χ3n) is 4.64. The fourth-order valence-corrected chi connectivity index (χ4v) is 3.48. The maximum absolute atomic E-state index is 5.24.